The summed E-state index contributed by atoms with van der Waals surface area (Å²) in [4.78, 5) is 11.8. The van der Waals surface area contributed by atoms with Gasteiger partial charge in [-0.1, -0.05) is 30.1 Å². The minimum absolute atomic E-state index is 0.275. The first-order chi connectivity index (χ1) is 13.1. The highest BCUT2D eigenvalue weighted by molar-refractivity contribution is 6.34. The van der Waals surface area contributed by atoms with Gasteiger partial charge in [-0.05, 0) is 45.4 Å². The maximum Gasteiger partial charge on any atom is 0.407 e. The van der Waals surface area contributed by atoms with Crippen LogP contribution >= 0.6 is 23.2 Å². The number of carbonyl (C=O) groups excluding carboxylic acids is 1. The van der Waals surface area contributed by atoms with E-state index in [9.17, 15) is 9.90 Å². The molecular weight excluding hydrogens is 405 g/mol. The number of aliphatic hydroxyl groups is 1. The third kappa shape index (κ3) is 6.29. The van der Waals surface area contributed by atoms with Gasteiger partial charge in [0.25, 0.3) is 0 Å². The maximum absolute atomic E-state index is 11.8. The molecule has 28 heavy (non-hydrogen) atoms. The molecule has 2 aromatic rings. The number of hydrogen-bond acceptors (Lipinski definition) is 5. The van der Waals surface area contributed by atoms with Crippen LogP contribution in [0.4, 0.5) is 4.79 Å². The Kier molecular flexibility index (Phi) is 7.57. The second-order valence-electron chi connectivity index (χ2n) is 7.09. The van der Waals surface area contributed by atoms with Crippen LogP contribution in [0.15, 0.2) is 18.2 Å². The van der Waals surface area contributed by atoms with E-state index in [-0.39, 0.29) is 13.2 Å². The van der Waals surface area contributed by atoms with Gasteiger partial charge in [0, 0.05) is 16.6 Å². The van der Waals surface area contributed by atoms with Crippen molar-refractivity contribution in [2.45, 2.75) is 52.9 Å². The fourth-order valence-corrected chi connectivity index (χ4v) is 3.01. The summed E-state index contributed by atoms with van der Waals surface area (Å²) in [6.07, 6.45) is 0.0920. The fraction of sp³-hybridized carbons (Fsp3) is 0.474. The maximum atomic E-state index is 11.8. The lowest BCUT2D eigenvalue weighted by Gasteiger charge is -2.19. The van der Waals surface area contributed by atoms with Crippen molar-refractivity contribution in [1.29, 1.82) is 0 Å². The van der Waals surface area contributed by atoms with Gasteiger partial charge in [0.15, 0.2) is 5.75 Å². The summed E-state index contributed by atoms with van der Waals surface area (Å²) in [5, 5.41) is 17.9. The third-order valence-corrected chi connectivity index (χ3v) is 4.05. The fourth-order valence-electron chi connectivity index (χ4n) is 2.51. The Morgan fingerprint density at radius 3 is 2.43 bits per heavy atom. The molecule has 0 unspecified atom stereocenters. The molecule has 0 atom stereocenters. The lowest BCUT2D eigenvalue weighted by atomic mass is 10.2. The number of ether oxygens (including phenoxy) is 2. The van der Waals surface area contributed by atoms with Crippen LogP contribution < -0.4 is 10.1 Å². The summed E-state index contributed by atoms with van der Waals surface area (Å²) in [6, 6.07) is 4.88. The number of halogens is 2. The quantitative estimate of drug-likeness (QED) is 0.673. The molecule has 1 aromatic carbocycles. The molecule has 9 heteroatoms. The Hall–Kier alpha value is -1.96. The molecule has 0 aliphatic rings. The molecule has 2 rings (SSSR count). The molecule has 0 aliphatic carbocycles. The van der Waals surface area contributed by atoms with E-state index < -0.39 is 11.7 Å². The van der Waals surface area contributed by atoms with Gasteiger partial charge in [-0.3, -0.25) is 4.68 Å². The van der Waals surface area contributed by atoms with Gasteiger partial charge in [0.05, 0.1) is 13.2 Å². The van der Waals surface area contributed by atoms with E-state index in [1.165, 1.54) is 0 Å². The number of rotatable bonds is 7. The summed E-state index contributed by atoms with van der Waals surface area (Å²) in [5.74, 6) is 0.911. The molecule has 0 saturated heterocycles. The van der Waals surface area contributed by atoms with Crippen molar-refractivity contribution in [2.75, 3.05) is 6.54 Å². The summed E-state index contributed by atoms with van der Waals surface area (Å²) >= 11 is 12.1. The molecule has 0 fully saturated rings. The lowest BCUT2D eigenvalue weighted by molar-refractivity contribution is 0.0525. The number of amides is 1. The van der Waals surface area contributed by atoms with Gasteiger partial charge in [0.1, 0.15) is 22.7 Å². The molecule has 0 radical (unpaired) electrons. The predicted molar refractivity (Wildman–Crippen MR) is 108 cm³/mol. The van der Waals surface area contributed by atoms with Gasteiger partial charge < -0.3 is 19.9 Å². The number of benzene rings is 1. The number of aromatic nitrogens is 2. The van der Waals surface area contributed by atoms with Crippen LogP contribution in [0.1, 0.15) is 39.1 Å². The van der Waals surface area contributed by atoms with Crippen LogP contribution in [0, 0.1) is 0 Å². The number of hydrogen-bond donors (Lipinski definition) is 2. The van der Waals surface area contributed by atoms with Crippen LogP contribution in [-0.4, -0.2) is 33.1 Å². The summed E-state index contributed by atoms with van der Waals surface area (Å²) in [6.45, 7) is 7.68. The minimum Gasteiger partial charge on any atom is -0.453 e. The van der Waals surface area contributed by atoms with Gasteiger partial charge in [0.2, 0.25) is 0 Å². The van der Waals surface area contributed by atoms with E-state index in [1.54, 1.807) is 43.7 Å². The molecule has 1 aromatic heterocycles. The van der Waals surface area contributed by atoms with Crippen LogP contribution in [-0.2, 0) is 24.3 Å². The lowest BCUT2D eigenvalue weighted by Crippen LogP contribution is -2.34. The first-order valence-corrected chi connectivity index (χ1v) is 9.68. The van der Waals surface area contributed by atoms with Crippen molar-refractivity contribution < 1.29 is 19.4 Å². The summed E-state index contributed by atoms with van der Waals surface area (Å²) < 4.78 is 12.7. The molecular formula is C19H25Cl2N3O4. The number of nitrogens with zero attached hydrogens (tertiary/aromatic N) is 2. The highest BCUT2D eigenvalue weighted by Gasteiger charge is 2.20. The van der Waals surface area contributed by atoms with Crippen molar-refractivity contribution in [3.05, 3.63) is 39.6 Å². The first kappa shape index (κ1) is 22.3. The zero-order valence-corrected chi connectivity index (χ0v) is 17.9. The molecule has 0 bridgehead atoms. The molecule has 7 nitrogen and oxygen atoms in total. The topological polar surface area (TPSA) is 85.6 Å². The van der Waals surface area contributed by atoms with Crippen molar-refractivity contribution in [1.82, 2.24) is 15.1 Å². The second kappa shape index (κ2) is 9.49. The van der Waals surface area contributed by atoms with Crippen LogP contribution in [0.5, 0.6) is 11.5 Å². The third-order valence-electron chi connectivity index (χ3n) is 3.61. The zero-order chi connectivity index (χ0) is 20.9. The molecule has 154 valence electrons. The largest absolute Gasteiger partial charge is 0.453 e. The van der Waals surface area contributed by atoms with Crippen LogP contribution in [0.2, 0.25) is 10.0 Å². The minimum atomic E-state index is -0.569. The molecule has 0 aliphatic heterocycles. The number of aryl methyl sites for hydroxylation is 1. The Balaban J connectivity index is 2.15. The highest BCUT2D eigenvalue weighted by atomic mass is 35.5. The SMILES string of the molecule is CCc1nn(CCNC(=O)OC(C)(C)C)c(CO)c1Oc1cc(Cl)cc(Cl)c1. The highest BCUT2D eigenvalue weighted by Crippen LogP contribution is 2.33. The van der Waals surface area contributed by atoms with E-state index in [1.807, 2.05) is 6.92 Å². The number of aliphatic hydroxyl groups excluding tert-OH is 1. The normalized spacial score (nSPS) is 11.4. The Labute approximate surface area is 174 Å². The monoisotopic (exact) mass is 429 g/mol. The van der Waals surface area contributed by atoms with Crippen molar-refractivity contribution in [2.24, 2.45) is 0 Å². The number of carbonyl (C=O) groups is 1. The average Bonchev–Trinajstić information content (AvgIpc) is 2.88. The standard InChI is InChI=1S/C19H25Cl2N3O4/c1-5-15-17(27-14-9-12(20)8-13(21)10-14)16(11-25)24(23-15)7-6-22-18(26)28-19(2,3)4/h8-10,25H,5-7,11H2,1-4H3,(H,22,26). The number of alkyl carbamates (subject to hydrolysis) is 1. The Morgan fingerprint density at radius 2 is 1.89 bits per heavy atom. The molecule has 1 amide bonds. The van der Waals surface area contributed by atoms with E-state index in [0.29, 0.717) is 45.9 Å². The first-order valence-electron chi connectivity index (χ1n) is 8.93. The Bertz CT molecular complexity index is 811. The molecule has 0 saturated carbocycles. The predicted octanol–water partition coefficient (Wildman–Crippen LogP) is 4.56. The van der Waals surface area contributed by atoms with Crippen molar-refractivity contribution in [3.8, 4) is 11.5 Å². The molecule has 1 heterocycles. The smallest absolute Gasteiger partial charge is 0.407 e. The van der Waals surface area contributed by atoms with Gasteiger partial charge in [-0.15, -0.1) is 0 Å². The second-order valence-corrected chi connectivity index (χ2v) is 7.97. The van der Waals surface area contributed by atoms with Gasteiger partial charge in [-0.2, -0.15) is 5.10 Å². The van der Waals surface area contributed by atoms with Gasteiger partial charge in [-0.25, -0.2) is 4.79 Å². The van der Waals surface area contributed by atoms with Crippen molar-refractivity contribution in [3.63, 3.8) is 0 Å². The zero-order valence-electron chi connectivity index (χ0n) is 16.4. The van der Waals surface area contributed by atoms with Crippen LogP contribution in [0.25, 0.3) is 0 Å². The summed E-state index contributed by atoms with van der Waals surface area (Å²) in [7, 11) is 0. The van der Waals surface area contributed by atoms with E-state index in [4.69, 9.17) is 32.7 Å². The van der Waals surface area contributed by atoms with E-state index in [0.717, 1.165) is 0 Å². The van der Waals surface area contributed by atoms with Gasteiger partial charge >= 0.3 is 6.09 Å². The summed E-state index contributed by atoms with van der Waals surface area (Å²) in [5.41, 5.74) is 0.608. The van der Waals surface area contributed by atoms with Crippen molar-refractivity contribution >= 4 is 29.3 Å². The van der Waals surface area contributed by atoms with E-state index >= 15 is 0 Å². The average molecular weight is 430 g/mol. The van der Waals surface area contributed by atoms with E-state index in [2.05, 4.69) is 10.4 Å². The number of nitrogens with one attached hydrogen (secondary N) is 1. The molecule has 0 spiro atoms. The molecule has 2 N–H and O–H groups in total. The Morgan fingerprint density at radius 1 is 1.25 bits per heavy atom. The van der Waals surface area contributed by atoms with Crippen LogP contribution in [0.3, 0.4) is 0 Å².